The summed E-state index contributed by atoms with van der Waals surface area (Å²) >= 11 is 0. The molecule has 2 rings (SSSR count). The number of benzene rings is 1. The Morgan fingerprint density at radius 3 is 2.40 bits per heavy atom. The molecule has 1 aromatic carbocycles. The zero-order valence-corrected chi connectivity index (χ0v) is 13.5. The molecule has 1 aromatic rings. The maximum absolute atomic E-state index is 3.59. The molecule has 1 unspecified atom stereocenters. The van der Waals surface area contributed by atoms with Crippen LogP contribution in [-0.2, 0) is 19.3 Å². The number of nitrogens with one attached hydrogen (secondary N) is 1. The molecule has 0 amide bonds. The lowest BCUT2D eigenvalue weighted by Gasteiger charge is -2.27. The molecule has 1 heteroatoms. The lowest BCUT2D eigenvalue weighted by Crippen LogP contribution is -2.35. The quantitative estimate of drug-likeness (QED) is 0.734. The van der Waals surface area contributed by atoms with Crippen molar-refractivity contribution in [3.8, 4) is 0 Å². The van der Waals surface area contributed by atoms with E-state index in [1.165, 1.54) is 56.9 Å². The molecule has 0 heterocycles. The van der Waals surface area contributed by atoms with Crippen LogP contribution >= 0.6 is 0 Å². The second kappa shape index (κ2) is 7.83. The topological polar surface area (TPSA) is 12.0 Å². The molecule has 20 heavy (non-hydrogen) atoms. The summed E-state index contributed by atoms with van der Waals surface area (Å²) in [5.74, 6) is 0.822. The van der Waals surface area contributed by atoms with Gasteiger partial charge in [0.15, 0.2) is 0 Å². The van der Waals surface area contributed by atoms with Crippen molar-refractivity contribution >= 4 is 0 Å². The number of aryl methyl sites for hydroxylation is 2. The highest BCUT2D eigenvalue weighted by Crippen LogP contribution is 2.25. The van der Waals surface area contributed by atoms with Gasteiger partial charge in [-0.25, -0.2) is 0 Å². The van der Waals surface area contributed by atoms with Gasteiger partial charge in [-0.3, -0.25) is 0 Å². The van der Waals surface area contributed by atoms with Gasteiger partial charge in [0.2, 0.25) is 0 Å². The average Bonchev–Trinajstić information content (AvgIpc) is 2.92. The van der Waals surface area contributed by atoms with Crippen molar-refractivity contribution in [1.82, 2.24) is 5.32 Å². The van der Waals surface area contributed by atoms with E-state index in [9.17, 15) is 0 Å². The first-order chi connectivity index (χ1) is 9.78. The first kappa shape index (κ1) is 15.6. The van der Waals surface area contributed by atoms with Crippen molar-refractivity contribution in [3.63, 3.8) is 0 Å². The van der Waals surface area contributed by atoms with Gasteiger partial charge in [0, 0.05) is 6.04 Å². The van der Waals surface area contributed by atoms with E-state index in [0.29, 0.717) is 6.04 Å². The summed E-state index contributed by atoms with van der Waals surface area (Å²) in [6.45, 7) is 4.62. The molecule has 112 valence electrons. The number of hydrogen-bond donors (Lipinski definition) is 1. The zero-order chi connectivity index (χ0) is 14.4. The Bertz CT molecular complexity index is 404. The Kier molecular flexibility index (Phi) is 6.09. The second-order valence-electron chi connectivity index (χ2n) is 6.39. The highest BCUT2D eigenvalue weighted by molar-refractivity contribution is 5.35. The number of rotatable bonds is 8. The van der Waals surface area contributed by atoms with Crippen LogP contribution in [0.4, 0.5) is 0 Å². The van der Waals surface area contributed by atoms with E-state index in [0.717, 1.165) is 5.92 Å². The molecule has 0 aromatic heterocycles. The molecule has 0 saturated heterocycles. The summed E-state index contributed by atoms with van der Waals surface area (Å²) in [5.41, 5.74) is 4.73. The van der Waals surface area contributed by atoms with Gasteiger partial charge in [0.05, 0.1) is 0 Å². The highest BCUT2D eigenvalue weighted by atomic mass is 14.9. The standard InChI is InChI=1S/C19H31N/c1-4-7-17(8-5-2)19(20-3)14-15-11-12-16-9-6-10-18(16)13-15/h11-13,17,19-20H,4-10,14H2,1-3H3. The first-order valence-corrected chi connectivity index (χ1v) is 8.56. The van der Waals surface area contributed by atoms with Crippen LogP contribution < -0.4 is 5.32 Å². The molecule has 0 saturated carbocycles. The molecule has 0 fully saturated rings. The largest absolute Gasteiger partial charge is 0.316 e. The SMILES string of the molecule is CCCC(CCC)C(Cc1ccc2c(c1)CCC2)NC. The molecule has 0 bridgehead atoms. The van der Waals surface area contributed by atoms with E-state index in [1.807, 2.05) is 0 Å². The maximum atomic E-state index is 3.59. The van der Waals surface area contributed by atoms with E-state index in [2.05, 4.69) is 44.4 Å². The minimum absolute atomic E-state index is 0.634. The third kappa shape index (κ3) is 3.85. The molecule has 1 N–H and O–H groups in total. The van der Waals surface area contributed by atoms with Gasteiger partial charge >= 0.3 is 0 Å². The minimum atomic E-state index is 0.634. The molecule has 1 nitrogen and oxygen atoms in total. The predicted molar refractivity (Wildman–Crippen MR) is 88.3 cm³/mol. The van der Waals surface area contributed by atoms with Crippen molar-refractivity contribution < 1.29 is 0 Å². The normalized spacial score (nSPS) is 15.6. The minimum Gasteiger partial charge on any atom is -0.316 e. The molecule has 0 radical (unpaired) electrons. The molecule has 0 spiro atoms. The van der Waals surface area contributed by atoms with Gasteiger partial charge in [0.1, 0.15) is 0 Å². The van der Waals surface area contributed by atoms with Crippen molar-refractivity contribution in [2.45, 2.75) is 71.3 Å². The van der Waals surface area contributed by atoms with E-state index < -0.39 is 0 Å². The Morgan fingerprint density at radius 1 is 1.05 bits per heavy atom. The summed E-state index contributed by atoms with van der Waals surface area (Å²) in [6, 6.07) is 7.85. The molecule has 1 aliphatic carbocycles. The van der Waals surface area contributed by atoms with Crippen LogP contribution in [0.1, 0.15) is 62.6 Å². The van der Waals surface area contributed by atoms with Crippen molar-refractivity contribution in [2.75, 3.05) is 7.05 Å². The fraction of sp³-hybridized carbons (Fsp3) is 0.684. The van der Waals surface area contributed by atoms with Gasteiger partial charge in [-0.05, 0) is 68.2 Å². The van der Waals surface area contributed by atoms with Gasteiger partial charge in [-0.15, -0.1) is 0 Å². The summed E-state index contributed by atoms with van der Waals surface area (Å²) in [4.78, 5) is 0. The number of likely N-dealkylation sites (N-methyl/N-ethyl adjacent to an activating group) is 1. The van der Waals surface area contributed by atoms with Gasteiger partial charge in [-0.2, -0.15) is 0 Å². The lowest BCUT2D eigenvalue weighted by molar-refractivity contribution is 0.322. The summed E-state index contributed by atoms with van der Waals surface area (Å²) in [5, 5.41) is 3.59. The van der Waals surface area contributed by atoms with E-state index >= 15 is 0 Å². The van der Waals surface area contributed by atoms with Crippen molar-refractivity contribution in [2.24, 2.45) is 5.92 Å². The Balaban J connectivity index is 2.04. The highest BCUT2D eigenvalue weighted by Gasteiger charge is 2.20. The van der Waals surface area contributed by atoms with Crippen molar-refractivity contribution in [1.29, 1.82) is 0 Å². The van der Waals surface area contributed by atoms with Crippen LogP contribution in [0.15, 0.2) is 18.2 Å². The molecular weight excluding hydrogens is 242 g/mol. The Hall–Kier alpha value is -0.820. The molecule has 0 aliphatic heterocycles. The van der Waals surface area contributed by atoms with E-state index in [4.69, 9.17) is 0 Å². The van der Waals surface area contributed by atoms with Gasteiger partial charge in [-0.1, -0.05) is 44.9 Å². The van der Waals surface area contributed by atoms with Crippen LogP contribution in [0, 0.1) is 5.92 Å². The van der Waals surface area contributed by atoms with Crippen LogP contribution in [0.3, 0.4) is 0 Å². The van der Waals surface area contributed by atoms with Crippen molar-refractivity contribution in [3.05, 3.63) is 34.9 Å². The summed E-state index contributed by atoms with van der Waals surface area (Å²) in [7, 11) is 2.14. The van der Waals surface area contributed by atoms with E-state index in [1.54, 1.807) is 11.1 Å². The monoisotopic (exact) mass is 273 g/mol. The van der Waals surface area contributed by atoms with Gasteiger partial charge < -0.3 is 5.32 Å². The van der Waals surface area contributed by atoms with Crippen LogP contribution in [0.25, 0.3) is 0 Å². The second-order valence-corrected chi connectivity index (χ2v) is 6.39. The fourth-order valence-electron chi connectivity index (χ4n) is 3.80. The van der Waals surface area contributed by atoms with Crippen LogP contribution in [0.2, 0.25) is 0 Å². The summed E-state index contributed by atoms with van der Waals surface area (Å²) in [6.07, 6.45) is 10.4. The first-order valence-electron chi connectivity index (χ1n) is 8.56. The van der Waals surface area contributed by atoms with Gasteiger partial charge in [0.25, 0.3) is 0 Å². The molecular formula is C19H31N. The predicted octanol–water partition coefficient (Wildman–Crippen LogP) is 4.52. The zero-order valence-electron chi connectivity index (χ0n) is 13.5. The van der Waals surface area contributed by atoms with E-state index in [-0.39, 0.29) is 0 Å². The average molecular weight is 273 g/mol. The fourth-order valence-corrected chi connectivity index (χ4v) is 3.80. The smallest absolute Gasteiger partial charge is 0.0133 e. The molecule has 1 aliphatic rings. The third-order valence-electron chi connectivity index (χ3n) is 4.88. The maximum Gasteiger partial charge on any atom is 0.0133 e. The number of fused-ring (bicyclic) bond motifs is 1. The Labute approximate surface area is 125 Å². The third-order valence-corrected chi connectivity index (χ3v) is 4.88. The molecule has 1 atom stereocenters. The number of hydrogen-bond acceptors (Lipinski definition) is 1. The summed E-state index contributed by atoms with van der Waals surface area (Å²) < 4.78 is 0. The van der Waals surface area contributed by atoms with Crippen LogP contribution in [0.5, 0.6) is 0 Å². The Morgan fingerprint density at radius 2 is 1.75 bits per heavy atom. The van der Waals surface area contributed by atoms with Crippen LogP contribution in [-0.4, -0.2) is 13.1 Å². The lowest BCUT2D eigenvalue weighted by atomic mass is 9.86.